The number of alkyl halides is 2. The minimum atomic E-state index is -2.83. The van der Waals surface area contributed by atoms with Gasteiger partial charge in [-0.15, -0.1) is 28.7 Å². The van der Waals surface area contributed by atoms with Gasteiger partial charge in [-0.1, -0.05) is 24.3 Å². The molecule has 1 aromatic heterocycles. The molecule has 0 bridgehead atoms. The molecule has 3 nitrogen and oxygen atoms in total. The Labute approximate surface area is 152 Å². The lowest BCUT2D eigenvalue weighted by Gasteiger charge is -2.18. The van der Waals surface area contributed by atoms with Crippen molar-refractivity contribution in [3.05, 3.63) is 59.4 Å². The lowest BCUT2D eigenvalue weighted by molar-refractivity contribution is -0.0504. The molecule has 1 atom stereocenters. The Hall–Kier alpha value is -1.60. The molecule has 24 heavy (non-hydrogen) atoms. The number of halogens is 3. The quantitative estimate of drug-likeness (QED) is 0.582. The molecular formula is C17H15BrF2N2OS. The van der Waals surface area contributed by atoms with E-state index in [2.05, 4.69) is 15.6 Å². The van der Waals surface area contributed by atoms with Gasteiger partial charge < -0.3 is 9.30 Å². The van der Waals surface area contributed by atoms with Gasteiger partial charge in [0.25, 0.3) is 0 Å². The Bertz CT molecular complexity index is 884. The molecule has 0 saturated heterocycles. The highest BCUT2D eigenvalue weighted by Gasteiger charge is 2.30. The monoisotopic (exact) mass is 412 g/mol. The van der Waals surface area contributed by atoms with Crippen molar-refractivity contribution in [2.45, 2.75) is 24.7 Å². The fraction of sp³-hybridized carbons (Fsp3) is 0.235. The molecule has 1 aliphatic rings. The number of fused-ring (bicyclic) bond motifs is 3. The Morgan fingerprint density at radius 2 is 2.04 bits per heavy atom. The van der Waals surface area contributed by atoms with Crippen LogP contribution in [0.25, 0.3) is 11.0 Å². The number of hydrogen-bond donors (Lipinski definition) is 0. The summed E-state index contributed by atoms with van der Waals surface area (Å²) in [6.45, 7) is -0.798. The van der Waals surface area contributed by atoms with Crippen molar-refractivity contribution in [3.63, 3.8) is 0 Å². The summed E-state index contributed by atoms with van der Waals surface area (Å²) in [5.74, 6) is 1.94. The van der Waals surface area contributed by atoms with Crippen LogP contribution in [0.3, 0.4) is 0 Å². The van der Waals surface area contributed by atoms with E-state index in [1.54, 1.807) is 23.9 Å². The molecule has 0 aliphatic carbocycles. The van der Waals surface area contributed by atoms with Crippen LogP contribution in [-0.2, 0) is 5.75 Å². The predicted molar refractivity (Wildman–Crippen MR) is 97.3 cm³/mol. The zero-order valence-electron chi connectivity index (χ0n) is 12.8. The van der Waals surface area contributed by atoms with Crippen molar-refractivity contribution in [3.8, 4) is 5.75 Å². The van der Waals surface area contributed by atoms with Gasteiger partial charge in [0.2, 0.25) is 0 Å². The second-order valence-electron chi connectivity index (χ2n) is 5.47. The fourth-order valence-corrected chi connectivity index (χ4v) is 4.23. The maximum absolute atomic E-state index is 12.7. The van der Waals surface area contributed by atoms with Crippen molar-refractivity contribution in [2.75, 3.05) is 0 Å². The van der Waals surface area contributed by atoms with Gasteiger partial charge in [0.15, 0.2) is 0 Å². The highest BCUT2D eigenvalue weighted by Crippen LogP contribution is 2.45. The Kier molecular flexibility index (Phi) is 4.83. The fourth-order valence-electron chi connectivity index (χ4n) is 2.96. The molecule has 4 rings (SSSR count). The van der Waals surface area contributed by atoms with Crippen molar-refractivity contribution < 1.29 is 13.5 Å². The summed E-state index contributed by atoms with van der Waals surface area (Å²) in [4.78, 5) is 4.65. The number of hydrogen-bond acceptors (Lipinski definition) is 3. The molecule has 126 valence electrons. The molecular weight excluding hydrogens is 398 g/mol. The predicted octanol–water partition coefficient (Wildman–Crippen LogP) is 5.32. The van der Waals surface area contributed by atoms with Gasteiger partial charge >= 0.3 is 6.61 Å². The van der Waals surface area contributed by atoms with Gasteiger partial charge in [0, 0.05) is 5.56 Å². The minimum absolute atomic E-state index is 0. The molecule has 0 spiro atoms. The van der Waals surface area contributed by atoms with E-state index < -0.39 is 6.61 Å². The van der Waals surface area contributed by atoms with Crippen LogP contribution >= 0.6 is 28.7 Å². The number of para-hydroxylation sites is 1. The number of imidazole rings is 1. The van der Waals surface area contributed by atoms with Gasteiger partial charge in [-0.3, -0.25) is 0 Å². The van der Waals surface area contributed by atoms with E-state index >= 15 is 0 Å². The van der Waals surface area contributed by atoms with Gasteiger partial charge in [-0.25, -0.2) is 4.98 Å². The van der Waals surface area contributed by atoms with E-state index in [4.69, 9.17) is 4.74 Å². The summed E-state index contributed by atoms with van der Waals surface area (Å²) in [7, 11) is 0. The van der Waals surface area contributed by atoms with Crippen LogP contribution in [0.2, 0.25) is 0 Å². The lowest BCUT2D eigenvalue weighted by Crippen LogP contribution is -2.09. The van der Waals surface area contributed by atoms with E-state index in [9.17, 15) is 8.78 Å². The SMILES string of the molecule is Br.Cc1ccc2nc3n(c2c1)[C@@H](c1ccccc1OC(F)F)SC3. The van der Waals surface area contributed by atoms with Crippen molar-refractivity contribution in [2.24, 2.45) is 0 Å². The summed E-state index contributed by atoms with van der Waals surface area (Å²) >= 11 is 1.67. The van der Waals surface area contributed by atoms with Gasteiger partial charge in [-0.2, -0.15) is 8.78 Å². The van der Waals surface area contributed by atoms with Crippen molar-refractivity contribution in [1.82, 2.24) is 9.55 Å². The van der Waals surface area contributed by atoms with E-state index in [1.807, 2.05) is 31.2 Å². The van der Waals surface area contributed by atoms with E-state index in [0.717, 1.165) is 33.7 Å². The van der Waals surface area contributed by atoms with E-state index in [0.29, 0.717) is 0 Å². The first-order valence-corrected chi connectivity index (χ1v) is 8.31. The first-order chi connectivity index (χ1) is 11.1. The summed E-state index contributed by atoms with van der Waals surface area (Å²) in [5, 5.41) is -0.105. The third-order valence-electron chi connectivity index (χ3n) is 3.92. The number of ether oxygens (including phenoxy) is 1. The molecule has 2 heterocycles. The van der Waals surface area contributed by atoms with Crippen LogP contribution < -0.4 is 4.74 Å². The Morgan fingerprint density at radius 3 is 2.83 bits per heavy atom. The zero-order valence-corrected chi connectivity index (χ0v) is 15.3. The molecule has 0 unspecified atom stereocenters. The number of thioether (sulfide) groups is 1. The summed E-state index contributed by atoms with van der Waals surface area (Å²) in [6, 6.07) is 13.1. The highest BCUT2D eigenvalue weighted by molar-refractivity contribution is 8.93. The molecule has 7 heteroatoms. The van der Waals surface area contributed by atoms with Crippen LogP contribution in [0.15, 0.2) is 42.5 Å². The topological polar surface area (TPSA) is 27.1 Å². The molecule has 0 saturated carbocycles. The second kappa shape index (κ2) is 6.72. The summed E-state index contributed by atoms with van der Waals surface area (Å²) < 4.78 is 32.2. The maximum Gasteiger partial charge on any atom is 0.387 e. The molecule has 0 N–H and O–H groups in total. The standard InChI is InChI=1S/C17H14F2N2OS.BrH/c1-10-6-7-12-13(8-10)21-15(20-12)9-23-16(21)11-4-2-3-5-14(11)22-17(18)19;/h2-8,16-17H,9H2,1H3;1H/t16-;/m1./s1. The average molecular weight is 413 g/mol. The Morgan fingerprint density at radius 1 is 1.25 bits per heavy atom. The summed E-state index contributed by atoms with van der Waals surface area (Å²) in [6.07, 6.45) is 0. The van der Waals surface area contributed by atoms with Gasteiger partial charge in [0.05, 0.1) is 16.8 Å². The zero-order chi connectivity index (χ0) is 16.0. The highest BCUT2D eigenvalue weighted by atomic mass is 79.9. The first kappa shape index (κ1) is 17.2. The normalized spacial score (nSPS) is 16.2. The molecule has 1 aliphatic heterocycles. The molecule has 3 aromatic rings. The summed E-state index contributed by atoms with van der Waals surface area (Å²) in [5.41, 5.74) is 3.86. The second-order valence-corrected chi connectivity index (χ2v) is 6.54. The van der Waals surface area contributed by atoms with Gasteiger partial charge in [-0.05, 0) is 30.7 Å². The molecule has 0 amide bonds. The number of nitrogens with zero attached hydrogens (tertiary/aromatic N) is 2. The van der Waals surface area contributed by atoms with Crippen molar-refractivity contribution >= 4 is 39.8 Å². The van der Waals surface area contributed by atoms with E-state index in [1.165, 1.54) is 0 Å². The lowest BCUT2D eigenvalue weighted by atomic mass is 10.2. The Balaban J connectivity index is 0.00000169. The van der Waals surface area contributed by atoms with Gasteiger partial charge in [0.1, 0.15) is 16.9 Å². The van der Waals surface area contributed by atoms with Crippen molar-refractivity contribution in [1.29, 1.82) is 0 Å². The number of aromatic nitrogens is 2. The van der Waals surface area contributed by atoms with Crippen LogP contribution in [0.1, 0.15) is 22.3 Å². The molecule has 0 fully saturated rings. The molecule has 0 radical (unpaired) electrons. The maximum atomic E-state index is 12.7. The third kappa shape index (κ3) is 2.91. The largest absolute Gasteiger partial charge is 0.434 e. The smallest absolute Gasteiger partial charge is 0.387 e. The van der Waals surface area contributed by atoms with Crippen LogP contribution in [0.5, 0.6) is 5.75 Å². The van der Waals surface area contributed by atoms with Crippen LogP contribution in [-0.4, -0.2) is 16.2 Å². The minimum Gasteiger partial charge on any atom is -0.434 e. The number of rotatable bonds is 3. The number of benzene rings is 2. The van der Waals surface area contributed by atoms with Crippen LogP contribution in [0.4, 0.5) is 8.78 Å². The first-order valence-electron chi connectivity index (χ1n) is 7.26. The van der Waals surface area contributed by atoms with E-state index in [-0.39, 0.29) is 28.1 Å². The average Bonchev–Trinajstić information content (AvgIpc) is 3.06. The number of aryl methyl sites for hydroxylation is 1. The third-order valence-corrected chi connectivity index (χ3v) is 5.13. The molecule has 2 aromatic carbocycles. The van der Waals surface area contributed by atoms with Crippen LogP contribution in [0, 0.1) is 6.92 Å².